The van der Waals surface area contributed by atoms with E-state index in [1.165, 1.54) is 0 Å². The van der Waals surface area contributed by atoms with Gasteiger partial charge in [0.05, 0.1) is 5.56 Å². The molecule has 6 heteroatoms. The van der Waals surface area contributed by atoms with E-state index >= 15 is 0 Å². The molecule has 0 aliphatic carbocycles. The number of amides is 3. The number of carbonyl (C=O) groups excluding carboxylic acids is 2. The molecular formula is C20H32N4O2. The van der Waals surface area contributed by atoms with Crippen LogP contribution in [0.15, 0.2) is 18.3 Å². The summed E-state index contributed by atoms with van der Waals surface area (Å²) in [6, 6.07) is 3.69. The molecule has 1 aromatic heterocycles. The van der Waals surface area contributed by atoms with Crippen LogP contribution in [-0.4, -0.2) is 58.9 Å². The highest BCUT2D eigenvalue weighted by atomic mass is 16.2. The average molecular weight is 361 g/mol. The maximum absolute atomic E-state index is 12.6. The van der Waals surface area contributed by atoms with Gasteiger partial charge in [0.2, 0.25) is 0 Å². The highest BCUT2D eigenvalue weighted by Crippen LogP contribution is 2.14. The van der Waals surface area contributed by atoms with Gasteiger partial charge in [-0.3, -0.25) is 9.78 Å². The molecule has 0 aromatic carbocycles. The van der Waals surface area contributed by atoms with Crippen LogP contribution in [0, 0.1) is 6.92 Å². The molecule has 3 amide bonds. The zero-order valence-electron chi connectivity index (χ0n) is 16.3. The molecule has 0 saturated carbocycles. The van der Waals surface area contributed by atoms with Crippen LogP contribution in [0.3, 0.4) is 0 Å². The molecule has 1 atom stereocenters. The van der Waals surface area contributed by atoms with E-state index in [9.17, 15) is 9.59 Å². The number of nitrogens with one attached hydrogen (secondary N) is 1. The summed E-state index contributed by atoms with van der Waals surface area (Å²) >= 11 is 0. The van der Waals surface area contributed by atoms with Gasteiger partial charge in [0.25, 0.3) is 5.91 Å². The molecular weight excluding hydrogens is 328 g/mol. The summed E-state index contributed by atoms with van der Waals surface area (Å²) in [5, 5.41) is 3.12. The van der Waals surface area contributed by atoms with Crippen LogP contribution < -0.4 is 5.32 Å². The number of nitrogens with zero attached hydrogens (tertiary/aromatic N) is 3. The zero-order chi connectivity index (χ0) is 18.9. The molecule has 1 N–H and O–H groups in total. The predicted octanol–water partition coefficient (Wildman–Crippen LogP) is 3.22. The minimum Gasteiger partial charge on any atom is -0.336 e. The maximum Gasteiger partial charge on any atom is 0.317 e. The monoisotopic (exact) mass is 360 g/mol. The van der Waals surface area contributed by atoms with Crippen molar-refractivity contribution in [2.24, 2.45) is 0 Å². The highest BCUT2D eigenvalue weighted by molar-refractivity contribution is 5.94. The second kappa shape index (κ2) is 10.1. The van der Waals surface area contributed by atoms with Crippen molar-refractivity contribution in [3.05, 3.63) is 29.6 Å². The third-order valence-electron chi connectivity index (χ3n) is 4.81. The molecule has 1 aromatic rings. The van der Waals surface area contributed by atoms with Gasteiger partial charge in [-0.1, -0.05) is 26.7 Å². The zero-order valence-corrected chi connectivity index (χ0v) is 16.3. The molecule has 6 nitrogen and oxygen atoms in total. The molecule has 26 heavy (non-hydrogen) atoms. The quantitative estimate of drug-likeness (QED) is 0.774. The highest BCUT2D eigenvalue weighted by Gasteiger charge is 2.29. The first-order valence-corrected chi connectivity index (χ1v) is 9.82. The van der Waals surface area contributed by atoms with Gasteiger partial charge in [0, 0.05) is 44.1 Å². The van der Waals surface area contributed by atoms with E-state index in [4.69, 9.17) is 0 Å². The summed E-state index contributed by atoms with van der Waals surface area (Å²) < 4.78 is 0. The third kappa shape index (κ3) is 5.71. The standard InChI is InChI=1S/C20H32N4O2/c1-4-6-11-23(12-7-5-2)20(26)22-18-10-13-24(15-18)19(25)17-9-8-16(3)21-14-17/h8-9,14,18H,4-7,10-13,15H2,1-3H3,(H,22,26)/t18-/m1/s1. The fourth-order valence-electron chi connectivity index (χ4n) is 3.12. The lowest BCUT2D eigenvalue weighted by Gasteiger charge is -2.25. The van der Waals surface area contributed by atoms with Gasteiger partial charge in [-0.2, -0.15) is 0 Å². The van der Waals surface area contributed by atoms with Gasteiger partial charge in [-0.15, -0.1) is 0 Å². The minimum atomic E-state index is -0.0110. The molecule has 1 fully saturated rings. The van der Waals surface area contributed by atoms with Crippen LogP contribution in [0.2, 0.25) is 0 Å². The Bertz CT molecular complexity index is 580. The van der Waals surface area contributed by atoms with Gasteiger partial charge in [0.1, 0.15) is 0 Å². The normalized spacial score (nSPS) is 16.6. The van der Waals surface area contributed by atoms with Crippen molar-refractivity contribution in [2.45, 2.75) is 58.9 Å². The predicted molar refractivity (Wildman–Crippen MR) is 103 cm³/mol. The number of aryl methyl sites for hydroxylation is 1. The first kappa shape index (κ1) is 20.2. The molecule has 1 saturated heterocycles. The lowest BCUT2D eigenvalue weighted by molar-refractivity contribution is 0.0788. The number of pyridine rings is 1. The Labute approximate surface area is 157 Å². The maximum atomic E-state index is 12.6. The lowest BCUT2D eigenvalue weighted by Crippen LogP contribution is -2.46. The van der Waals surface area contributed by atoms with Crippen LogP contribution in [0.5, 0.6) is 0 Å². The number of hydrogen-bond acceptors (Lipinski definition) is 3. The SMILES string of the molecule is CCCCN(CCCC)C(=O)N[C@@H]1CCN(C(=O)c2ccc(C)nc2)C1. The Hall–Kier alpha value is -2.11. The fraction of sp³-hybridized carbons (Fsp3) is 0.650. The van der Waals surface area contributed by atoms with Gasteiger partial charge in [-0.25, -0.2) is 4.79 Å². The number of hydrogen-bond donors (Lipinski definition) is 1. The summed E-state index contributed by atoms with van der Waals surface area (Å²) in [4.78, 5) is 33.1. The topological polar surface area (TPSA) is 65.5 Å². The van der Waals surface area contributed by atoms with Gasteiger partial charge >= 0.3 is 6.03 Å². The number of rotatable bonds is 8. The Morgan fingerprint density at radius 3 is 2.50 bits per heavy atom. The number of unbranched alkanes of at least 4 members (excludes halogenated alkanes) is 2. The van der Waals surface area contributed by atoms with Gasteiger partial charge in [0.15, 0.2) is 0 Å². The molecule has 0 spiro atoms. The lowest BCUT2D eigenvalue weighted by atomic mass is 10.2. The second-order valence-electron chi connectivity index (χ2n) is 7.07. The first-order valence-electron chi connectivity index (χ1n) is 9.82. The van der Waals surface area contributed by atoms with Crippen LogP contribution in [-0.2, 0) is 0 Å². The smallest absolute Gasteiger partial charge is 0.317 e. The number of urea groups is 1. The molecule has 1 aliphatic heterocycles. The average Bonchev–Trinajstić information content (AvgIpc) is 3.10. The van der Waals surface area contributed by atoms with E-state index < -0.39 is 0 Å². The molecule has 1 aliphatic rings. The van der Waals surface area contributed by atoms with Crippen LogP contribution >= 0.6 is 0 Å². The van der Waals surface area contributed by atoms with Crippen molar-refractivity contribution in [2.75, 3.05) is 26.2 Å². The third-order valence-corrected chi connectivity index (χ3v) is 4.81. The van der Waals surface area contributed by atoms with Crippen LogP contribution in [0.25, 0.3) is 0 Å². The Kier molecular flexibility index (Phi) is 7.88. The van der Waals surface area contributed by atoms with Crippen LogP contribution in [0.4, 0.5) is 4.79 Å². The molecule has 0 bridgehead atoms. The van der Waals surface area contributed by atoms with E-state index in [-0.39, 0.29) is 18.0 Å². The molecule has 2 rings (SSSR count). The molecule has 144 valence electrons. The molecule has 0 unspecified atom stereocenters. The van der Waals surface area contributed by atoms with E-state index in [1.54, 1.807) is 11.1 Å². The van der Waals surface area contributed by atoms with Crippen molar-refractivity contribution in [1.29, 1.82) is 0 Å². The largest absolute Gasteiger partial charge is 0.336 e. The summed E-state index contributed by atoms with van der Waals surface area (Å²) in [5.74, 6) is -0.0110. The number of likely N-dealkylation sites (tertiary alicyclic amines) is 1. The minimum absolute atomic E-state index is 0.00296. The van der Waals surface area contributed by atoms with Crippen molar-refractivity contribution in [1.82, 2.24) is 20.1 Å². The van der Waals surface area contributed by atoms with E-state index in [0.717, 1.165) is 50.9 Å². The molecule has 2 heterocycles. The Morgan fingerprint density at radius 2 is 1.92 bits per heavy atom. The number of aromatic nitrogens is 1. The van der Waals surface area contributed by atoms with E-state index in [0.29, 0.717) is 18.7 Å². The summed E-state index contributed by atoms with van der Waals surface area (Å²) in [6.45, 7) is 9.00. The Morgan fingerprint density at radius 1 is 1.23 bits per heavy atom. The fourth-order valence-corrected chi connectivity index (χ4v) is 3.12. The number of carbonyl (C=O) groups is 2. The van der Waals surface area contributed by atoms with Crippen molar-refractivity contribution < 1.29 is 9.59 Å². The van der Waals surface area contributed by atoms with E-state index in [1.807, 2.05) is 24.0 Å². The molecule has 0 radical (unpaired) electrons. The van der Waals surface area contributed by atoms with Crippen molar-refractivity contribution in [3.8, 4) is 0 Å². The van der Waals surface area contributed by atoms with Crippen molar-refractivity contribution >= 4 is 11.9 Å². The van der Waals surface area contributed by atoms with Crippen molar-refractivity contribution in [3.63, 3.8) is 0 Å². The van der Waals surface area contributed by atoms with Gasteiger partial charge < -0.3 is 15.1 Å². The van der Waals surface area contributed by atoms with E-state index in [2.05, 4.69) is 24.1 Å². The Balaban J connectivity index is 1.87. The summed E-state index contributed by atoms with van der Waals surface area (Å²) in [7, 11) is 0. The second-order valence-corrected chi connectivity index (χ2v) is 7.07. The van der Waals surface area contributed by atoms with Gasteiger partial charge in [-0.05, 0) is 38.3 Å². The van der Waals surface area contributed by atoms with Crippen LogP contribution in [0.1, 0.15) is 62.0 Å². The first-order chi connectivity index (χ1) is 12.5. The summed E-state index contributed by atoms with van der Waals surface area (Å²) in [5.41, 5.74) is 1.50. The summed E-state index contributed by atoms with van der Waals surface area (Å²) in [6.07, 6.45) is 6.62.